The van der Waals surface area contributed by atoms with Crippen LogP contribution in [0.1, 0.15) is 38.3 Å². The van der Waals surface area contributed by atoms with Crippen LogP contribution in [0.3, 0.4) is 0 Å². The average molecular weight is 309 g/mol. The zero-order chi connectivity index (χ0) is 16.7. The largest absolute Gasteiger partial charge is 0.497 e. The van der Waals surface area contributed by atoms with Crippen LogP contribution in [0.2, 0.25) is 0 Å². The molecule has 0 radical (unpaired) electrons. The number of carboxylic acid groups (broad SMARTS) is 1. The first kappa shape index (κ1) is 17.8. The zero-order valence-electron chi connectivity index (χ0n) is 13.4. The van der Waals surface area contributed by atoms with Gasteiger partial charge in [-0.3, -0.25) is 9.59 Å². The third-order valence-electron chi connectivity index (χ3n) is 3.34. The molecule has 0 bridgehead atoms. The van der Waals surface area contributed by atoms with Crippen molar-refractivity contribution >= 4 is 11.9 Å². The van der Waals surface area contributed by atoms with E-state index < -0.39 is 5.97 Å². The van der Waals surface area contributed by atoms with Gasteiger partial charge in [0.15, 0.2) is 0 Å². The molecule has 122 valence electrons. The molecule has 0 unspecified atom stereocenters. The number of hydrogen-bond acceptors (Lipinski definition) is 4. The summed E-state index contributed by atoms with van der Waals surface area (Å²) in [7, 11) is 3.14. The number of amides is 1. The van der Waals surface area contributed by atoms with Crippen molar-refractivity contribution in [2.24, 2.45) is 5.92 Å². The normalized spacial score (nSPS) is 13.1. The van der Waals surface area contributed by atoms with Gasteiger partial charge in [0.1, 0.15) is 11.5 Å². The molecule has 2 atom stereocenters. The summed E-state index contributed by atoms with van der Waals surface area (Å²) >= 11 is 0. The topological polar surface area (TPSA) is 84.9 Å². The number of carbonyl (C=O) groups is 2. The van der Waals surface area contributed by atoms with Gasteiger partial charge in [-0.1, -0.05) is 6.92 Å². The highest BCUT2D eigenvalue weighted by Crippen LogP contribution is 2.29. The lowest BCUT2D eigenvalue weighted by atomic mass is 10.0. The van der Waals surface area contributed by atoms with Crippen LogP contribution in [0.5, 0.6) is 11.5 Å². The Morgan fingerprint density at radius 1 is 1.18 bits per heavy atom. The second-order valence-electron chi connectivity index (χ2n) is 5.30. The predicted octanol–water partition coefficient (Wildman–Crippen LogP) is 2.38. The Balaban J connectivity index is 2.73. The van der Waals surface area contributed by atoms with E-state index in [1.54, 1.807) is 33.3 Å². The van der Waals surface area contributed by atoms with E-state index in [0.717, 1.165) is 5.56 Å². The Morgan fingerprint density at radius 2 is 1.86 bits per heavy atom. The molecule has 6 heteroatoms. The minimum Gasteiger partial charge on any atom is -0.497 e. The monoisotopic (exact) mass is 309 g/mol. The van der Waals surface area contributed by atoms with Crippen LogP contribution >= 0.6 is 0 Å². The van der Waals surface area contributed by atoms with Crippen LogP contribution in [0.4, 0.5) is 0 Å². The van der Waals surface area contributed by atoms with Crippen LogP contribution in [-0.4, -0.2) is 31.2 Å². The minimum absolute atomic E-state index is 0.0235. The van der Waals surface area contributed by atoms with Crippen LogP contribution < -0.4 is 14.8 Å². The molecule has 0 heterocycles. The number of rotatable bonds is 8. The third-order valence-corrected chi connectivity index (χ3v) is 3.34. The highest BCUT2D eigenvalue weighted by atomic mass is 16.5. The Hall–Kier alpha value is -2.24. The first-order chi connectivity index (χ1) is 10.4. The summed E-state index contributed by atoms with van der Waals surface area (Å²) in [5.74, 6) is 0.0363. The first-order valence-electron chi connectivity index (χ1n) is 7.10. The van der Waals surface area contributed by atoms with Crippen LogP contribution in [-0.2, 0) is 9.59 Å². The zero-order valence-corrected chi connectivity index (χ0v) is 13.4. The molecule has 1 aromatic rings. The van der Waals surface area contributed by atoms with Crippen molar-refractivity contribution in [3.63, 3.8) is 0 Å². The predicted molar refractivity (Wildman–Crippen MR) is 82.1 cm³/mol. The van der Waals surface area contributed by atoms with E-state index >= 15 is 0 Å². The van der Waals surface area contributed by atoms with Gasteiger partial charge in [-0.15, -0.1) is 0 Å². The number of aliphatic carboxylic acids is 1. The van der Waals surface area contributed by atoms with Gasteiger partial charge < -0.3 is 19.9 Å². The van der Waals surface area contributed by atoms with E-state index in [9.17, 15) is 9.59 Å². The van der Waals surface area contributed by atoms with Crippen LogP contribution in [0, 0.1) is 5.92 Å². The molecular formula is C16H23NO5. The number of carboxylic acids is 1. The molecule has 1 rings (SSSR count). The third kappa shape index (κ3) is 5.27. The van der Waals surface area contributed by atoms with Gasteiger partial charge in [-0.25, -0.2) is 0 Å². The summed E-state index contributed by atoms with van der Waals surface area (Å²) in [6, 6.07) is 5.11. The van der Waals surface area contributed by atoms with E-state index in [0.29, 0.717) is 11.5 Å². The molecule has 0 spiro atoms. The summed E-state index contributed by atoms with van der Waals surface area (Å²) in [4.78, 5) is 22.6. The Kier molecular flexibility index (Phi) is 6.69. The van der Waals surface area contributed by atoms with Gasteiger partial charge in [0, 0.05) is 18.4 Å². The van der Waals surface area contributed by atoms with Crippen LogP contribution in [0.15, 0.2) is 18.2 Å². The van der Waals surface area contributed by atoms with Crippen LogP contribution in [0.25, 0.3) is 0 Å². The second kappa shape index (κ2) is 8.26. The lowest BCUT2D eigenvalue weighted by Crippen LogP contribution is -2.28. The highest BCUT2D eigenvalue weighted by Gasteiger charge is 2.18. The quantitative estimate of drug-likeness (QED) is 0.770. The first-order valence-corrected chi connectivity index (χ1v) is 7.10. The fraction of sp³-hybridized carbons (Fsp3) is 0.500. The van der Waals surface area contributed by atoms with Gasteiger partial charge in [0.25, 0.3) is 0 Å². The molecule has 0 fully saturated rings. The van der Waals surface area contributed by atoms with Crippen molar-refractivity contribution in [1.82, 2.24) is 5.32 Å². The number of methoxy groups -OCH3 is 2. The molecule has 1 amide bonds. The lowest BCUT2D eigenvalue weighted by Gasteiger charge is -2.19. The maximum atomic E-state index is 12.0. The number of nitrogens with one attached hydrogen (secondary N) is 1. The molecule has 0 saturated heterocycles. The highest BCUT2D eigenvalue weighted by molar-refractivity contribution is 5.77. The molecule has 6 nitrogen and oxygen atoms in total. The van der Waals surface area contributed by atoms with Crippen molar-refractivity contribution < 1.29 is 24.2 Å². The minimum atomic E-state index is -0.900. The summed E-state index contributed by atoms with van der Waals surface area (Å²) in [5, 5.41) is 11.6. The number of hydrogen-bond donors (Lipinski definition) is 2. The number of ether oxygens (including phenoxy) is 2. The Labute approximate surface area is 130 Å². The van der Waals surface area contributed by atoms with Gasteiger partial charge in [0.2, 0.25) is 5.91 Å². The summed E-state index contributed by atoms with van der Waals surface area (Å²) in [6.45, 7) is 3.58. The van der Waals surface area contributed by atoms with Crippen molar-refractivity contribution in [2.75, 3.05) is 14.2 Å². The number of carbonyl (C=O) groups excluding carboxylic acids is 1. The fourth-order valence-electron chi connectivity index (χ4n) is 2.24. The summed E-state index contributed by atoms with van der Waals surface area (Å²) in [5.41, 5.74) is 0.807. The maximum Gasteiger partial charge on any atom is 0.303 e. The van der Waals surface area contributed by atoms with Crippen molar-refractivity contribution in [3.05, 3.63) is 23.8 Å². The molecular weight excluding hydrogens is 286 g/mol. The Morgan fingerprint density at radius 3 is 2.41 bits per heavy atom. The SMILES string of the molecule is COc1ccc(OC)c([C@H](C)NC(=O)C[C@@H](C)CC(=O)O)c1. The molecule has 0 aliphatic heterocycles. The number of benzene rings is 1. The molecule has 2 N–H and O–H groups in total. The second-order valence-corrected chi connectivity index (χ2v) is 5.30. The van der Waals surface area contributed by atoms with E-state index in [1.165, 1.54) is 0 Å². The average Bonchev–Trinajstić information content (AvgIpc) is 2.45. The maximum absolute atomic E-state index is 12.0. The molecule has 0 saturated carbocycles. The summed E-state index contributed by atoms with van der Waals surface area (Å²) in [6.07, 6.45) is 0.146. The van der Waals surface area contributed by atoms with E-state index in [2.05, 4.69) is 5.32 Å². The fourth-order valence-corrected chi connectivity index (χ4v) is 2.24. The Bertz CT molecular complexity index is 529. The van der Waals surface area contributed by atoms with Crippen molar-refractivity contribution in [3.8, 4) is 11.5 Å². The molecule has 0 aromatic heterocycles. The van der Waals surface area contributed by atoms with Gasteiger partial charge in [0.05, 0.1) is 20.3 Å². The van der Waals surface area contributed by atoms with Crippen molar-refractivity contribution in [1.29, 1.82) is 0 Å². The van der Waals surface area contributed by atoms with Crippen molar-refractivity contribution in [2.45, 2.75) is 32.7 Å². The molecule has 1 aromatic carbocycles. The van der Waals surface area contributed by atoms with Gasteiger partial charge in [-0.2, -0.15) is 0 Å². The molecule has 0 aliphatic rings. The van der Waals surface area contributed by atoms with E-state index in [1.807, 2.05) is 13.0 Å². The standard InChI is InChI=1S/C16H23NO5/c1-10(8-16(19)20)7-15(18)17-11(2)13-9-12(21-3)5-6-14(13)22-4/h5-6,9-11H,7-8H2,1-4H3,(H,17,18)(H,19,20)/t10-,11+/m1/s1. The lowest BCUT2D eigenvalue weighted by molar-refractivity contribution is -0.138. The van der Waals surface area contributed by atoms with E-state index in [4.69, 9.17) is 14.6 Å². The molecule has 22 heavy (non-hydrogen) atoms. The van der Waals surface area contributed by atoms with E-state index in [-0.39, 0.29) is 30.7 Å². The van der Waals surface area contributed by atoms with Gasteiger partial charge in [-0.05, 0) is 31.0 Å². The molecule has 0 aliphatic carbocycles. The summed E-state index contributed by atoms with van der Waals surface area (Å²) < 4.78 is 10.5. The smallest absolute Gasteiger partial charge is 0.303 e. The van der Waals surface area contributed by atoms with Gasteiger partial charge >= 0.3 is 5.97 Å².